The zero-order valence-electron chi connectivity index (χ0n) is 21.8. The molecule has 2 aliphatic rings. The third-order valence-corrected chi connectivity index (χ3v) is 8.46. The molecule has 9 heteroatoms. The molecule has 2 N–H and O–H groups in total. The first kappa shape index (κ1) is 25.5. The highest BCUT2D eigenvalue weighted by Crippen LogP contribution is 2.38. The third kappa shape index (κ3) is 4.77. The summed E-state index contributed by atoms with van der Waals surface area (Å²) in [6.07, 6.45) is 0.656. The molecular weight excluding hydrogens is 526 g/mol. The smallest absolute Gasteiger partial charge is 0.247 e. The fraction of sp³-hybridized carbons (Fsp3) is 0.233. The number of aromatic nitrogens is 2. The van der Waals surface area contributed by atoms with E-state index in [4.69, 9.17) is 22.2 Å². The summed E-state index contributed by atoms with van der Waals surface area (Å²) in [7, 11) is 0. The second-order valence-electron chi connectivity index (χ2n) is 10.3. The van der Waals surface area contributed by atoms with Gasteiger partial charge >= 0.3 is 0 Å². The Bertz CT molecular complexity index is 1660. The van der Waals surface area contributed by atoms with E-state index in [1.54, 1.807) is 12.1 Å². The fourth-order valence-electron chi connectivity index (χ4n) is 5.33. The first-order valence-corrected chi connectivity index (χ1v) is 14.0. The van der Waals surface area contributed by atoms with Crippen molar-refractivity contribution in [3.63, 3.8) is 0 Å². The summed E-state index contributed by atoms with van der Waals surface area (Å²) in [5.41, 5.74) is 6.07. The van der Waals surface area contributed by atoms with Crippen LogP contribution in [0.4, 0.5) is 11.4 Å². The van der Waals surface area contributed by atoms with Crippen LogP contribution in [0.2, 0.25) is 0 Å². The molecule has 0 saturated carbocycles. The fourth-order valence-corrected chi connectivity index (χ4v) is 6.67. The molecule has 6 rings (SSSR count). The molecule has 2 unspecified atom stereocenters. The van der Waals surface area contributed by atoms with Gasteiger partial charge in [0.15, 0.2) is 10.3 Å². The number of hydrogen-bond acceptors (Lipinski definition) is 6. The first-order valence-electron chi connectivity index (χ1n) is 12.8. The number of thioether (sulfide) groups is 1. The molecular formula is C30H27N5O2S2. The van der Waals surface area contributed by atoms with E-state index in [-0.39, 0.29) is 18.2 Å². The van der Waals surface area contributed by atoms with E-state index < -0.39 is 10.8 Å². The van der Waals surface area contributed by atoms with Crippen molar-refractivity contribution in [3.05, 3.63) is 89.1 Å². The largest absolute Gasteiger partial charge is 0.353 e. The van der Waals surface area contributed by atoms with Gasteiger partial charge in [-0.05, 0) is 68.9 Å². The maximum atomic E-state index is 13.3. The van der Waals surface area contributed by atoms with Crippen LogP contribution in [0.15, 0.2) is 71.9 Å². The Morgan fingerprint density at radius 1 is 1.03 bits per heavy atom. The van der Waals surface area contributed by atoms with Gasteiger partial charge in [0.1, 0.15) is 5.25 Å². The number of nitrogens with one attached hydrogen (secondary N) is 2. The number of nitrogens with zero attached hydrogens (tertiary/aromatic N) is 3. The lowest BCUT2D eigenvalue weighted by Gasteiger charge is -2.39. The van der Waals surface area contributed by atoms with Crippen LogP contribution in [0.5, 0.6) is 0 Å². The van der Waals surface area contributed by atoms with Crippen molar-refractivity contribution < 1.29 is 9.59 Å². The van der Waals surface area contributed by atoms with Gasteiger partial charge < -0.3 is 10.6 Å². The molecule has 0 radical (unpaired) electrons. The summed E-state index contributed by atoms with van der Waals surface area (Å²) in [4.78, 5) is 37.1. The monoisotopic (exact) mass is 553 g/mol. The maximum Gasteiger partial charge on any atom is 0.247 e. The van der Waals surface area contributed by atoms with Crippen molar-refractivity contribution in [2.45, 2.75) is 49.6 Å². The zero-order valence-corrected chi connectivity index (χ0v) is 23.5. The quantitative estimate of drug-likeness (QED) is 0.192. The topological polar surface area (TPSA) is 87.2 Å². The normalized spacial score (nSPS) is 20.6. The van der Waals surface area contributed by atoms with Gasteiger partial charge in [-0.15, -0.1) is 0 Å². The number of para-hydroxylation sites is 1. The molecule has 4 aromatic rings. The third-order valence-electron chi connectivity index (χ3n) is 7.21. The van der Waals surface area contributed by atoms with Crippen molar-refractivity contribution in [2.24, 2.45) is 0 Å². The lowest BCUT2D eigenvalue weighted by atomic mass is 9.83. The molecule has 0 spiro atoms. The minimum absolute atomic E-state index is 0.106. The van der Waals surface area contributed by atoms with Crippen molar-refractivity contribution in [1.82, 2.24) is 15.3 Å². The van der Waals surface area contributed by atoms with Gasteiger partial charge in [0, 0.05) is 29.5 Å². The van der Waals surface area contributed by atoms with Gasteiger partial charge in [0.25, 0.3) is 0 Å². The number of rotatable bonds is 5. The van der Waals surface area contributed by atoms with Crippen LogP contribution in [-0.4, -0.2) is 32.1 Å². The van der Waals surface area contributed by atoms with E-state index >= 15 is 0 Å². The lowest BCUT2D eigenvalue weighted by Crippen LogP contribution is -2.51. The summed E-state index contributed by atoms with van der Waals surface area (Å²) < 4.78 is 0. The number of anilines is 2. The number of hydrogen-bond donors (Lipinski definition) is 2. The molecule has 3 heterocycles. The zero-order chi connectivity index (χ0) is 27.3. The van der Waals surface area contributed by atoms with Crippen LogP contribution in [0.25, 0.3) is 10.9 Å². The Hall–Kier alpha value is -3.82. The molecule has 1 fully saturated rings. The summed E-state index contributed by atoms with van der Waals surface area (Å²) in [6, 6.07) is 21.5. The van der Waals surface area contributed by atoms with E-state index in [0.717, 1.165) is 39.0 Å². The van der Waals surface area contributed by atoms with Gasteiger partial charge in [-0.25, -0.2) is 14.9 Å². The van der Waals surface area contributed by atoms with Crippen LogP contribution < -0.4 is 15.5 Å². The average Bonchev–Trinajstić information content (AvgIpc) is 3.16. The van der Waals surface area contributed by atoms with Crippen molar-refractivity contribution in [1.29, 1.82) is 0 Å². The number of amides is 2. The van der Waals surface area contributed by atoms with Crippen molar-refractivity contribution >= 4 is 63.2 Å². The van der Waals surface area contributed by atoms with Gasteiger partial charge in [-0.2, -0.15) is 0 Å². The van der Waals surface area contributed by atoms with E-state index in [9.17, 15) is 9.59 Å². The maximum absolute atomic E-state index is 13.3. The molecule has 7 nitrogen and oxygen atoms in total. The van der Waals surface area contributed by atoms with Crippen LogP contribution in [0.1, 0.15) is 35.7 Å². The number of aryl methyl sites for hydroxylation is 2. The minimum atomic E-state index is -0.586. The highest BCUT2D eigenvalue weighted by atomic mass is 32.2. The minimum Gasteiger partial charge on any atom is -0.353 e. The Balaban J connectivity index is 1.37. The predicted molar refractivity (Wildman–Crippen MR) is 159 cm³/mol. The summed E-state index contributed by atoms with van der Waals surface area (Å²) in [6.45, 7) is 6.23. The molecule has 2 aliphatic heterocycles. The SMILES string of the molecule is Cc1ccc2c(c1)NC(=S)NC2(C)Cc1nc(SC2CC(=O)N(c3ccccc3)C2=O)nc2ccc(C)cc12. The molecule has 0 aliphatic carbocycles. The standard InChI is InChI=1S/C30H27N5O2S2/c1-17-10-12-22-20(13-17)24(16-30(3)21-11-9-18(2)14-23(21)31-28(38)34-30)33-29(32-22)39-25-15-26(36)35(27(25)37)19-7-5-4-6-8-19/h4-14,25H,15-16H2,1-3H3,(H2,31,34,38). The highest BCUT2D eigenvalue weighted by Gasteiger charge is 2.41. The Morgan fingerprint density at radius 3 is 2.56 bits per heavy atom. The number of thiocarbonyl (C=S) groups is 1. The number of imide groups is 1. The van der Waals surface area contributed by atoms with Crippen molar-refractivity contribution in [3.8, 4) is 0 Å². The van der Waals surface area contributed by atoms with Crippen LogP contribution in [-0.2, 0) is 21.5 Å². The highest BCUT2D eigenvalue weighted by molar-refractivity contribution is 8.00. The van der Waals surface area contributed by atoms with Crippen LogP contribution in [0.3, 0.4) is 0 Å². The molecule has 1 aromatic heterocycles. The van der Waals surface area contributed by atoms with E-state index in [2.05, 4.69) is 48.7 Å². The van der Waals surface area contributed by atoms with E-state index in [0.29, 0.717) is 22.4 Å². The Morgan fingerprint density at radius 2 is 1.77 bits per heavy atom. The summed E-state index contributed by atoms with van der Waals surface area (Å²) >= 11 is 6.82. The Kier molecular flexibility index (Phi) is 6.35. The second-order valence-corrected chi connectivity index (χ2v) is 11.9. The van der Waals surface area contributed by atoms with Gasteiger partial charge in [0.05, 0.1) is 22.4 Å². The van der Waals surface area contributed by atoms with E-state index in [1.807, 2.05) is 37.3 Å². The lowest BCUT2D eigenvalue weighted by molar-refractivity contribution is -0.121. The number of benzene rings is 3. The molecule has 196 valence electrons. The number of carbonyl (C=O) groups is 2. The summed E-state index contributed by atoms with van der Waals surface area (Å²) in [5, 5.41) is 8.17. The molecule has 0 bridgehead atoms. The van der Waals surface area contributed by atoms with E-state index in [1.165, 1.54) is 16.7 Å². The number of fused-ring (bicyclic) bond motifs is 2. The molecule has 1 saturated heterocycles. The average molecular weight is 554 g/mol. The van der Waals surface area contributed by atoms with Gasteiger partial charge in [-0.1, -0.05) is 53.7 Å². The van der Waals surface area contributed by atoms with Crippen LogP contribution in [0, 0.1) is 13.8 Å². The second kappa shape index (κ2) is 9.73. The first-order chi connectivity index (χ1) is 18.7. The molecule has 2 atom stereocenters. The molecule has 3 aromatic carbocycles. The number of carbonyl (C=O) groups excluding carboxylic acids is 2. The predicted octanol–water partition coefficient (Wildman–Crippen LogP) is 5.43. The van der Waals surface area contributed by atoms with Crippen molar-refractivity contribution in [2.75, 3.05) is 10.2 Å². The Labute approximate surface area is 236 Å². The van der Waals surface area contributed by atoms with Gasteiger partial charge in [-0.3, -0.25) is 9.59 Å². The molecule has 2 amide bonds. The van der Waals surface area contributed by atoms with Gasteiger partial charge in [0.2, 0.25) is 11.8 Å². The summed E-state index contributed by atoms with van der Waals surface area (Å²) in [5.74, 6) is -0.459. The van der Waals surface area contributed by atoms with Crippen LogP contribution >= 0.6 is 24.0 Å². The molecule has 39 heavy (non-hydrogen) atoms.